The monoisotopic (exact) mass is 578 g/mol. The summed E-state index contributed by atoms with van der Waals surface area (Å²) in [4.78, 5) is 26.9. The van der Waals surface area contributed by atoms with Gasteiger partial charge in [0.05, 0.1) is 31.5 Å². The standard InChI is InChI=1S/C27H30O14/c1-9-3-11-17(13(28)4-9)22(33)18-12(19(11)30)5-10(37-2)6-15(18)40-27-25(36)23(34)21(32)16(41-27)8-39-26-24(35)20(31)14(29)7-38-26/h3-6,14,16,20-21,23-29,31-32,34-36H,7-8H2,1-2H3. The van der Waals surface area contributed by atoms with Crippen LogP contribution in [0.1, 0.15) is 37.4 Å². The highest BCUT2D eigenvalue weighted by atomic mass is 16.7. The second-order valence-electron chi connectivity index (χ2n) is 10.1. The van der Waals surface area contributed by atoms with E-state index in [-0.39, 0.29) is 40.4 Å². The molecule has 9 atom stereocenters. The molecule has 0 saturated carbocycles. The summed E-state index contributed by atoms with van der Waals surface area (Å²) in [5.41, 5.74) is -0.00158. The van der Waals surface area contributed by atoms with E-state index in [9.17, 15) is 45.3 Å². The van der Waals surface area contributed by atoms with Crippen LogP contribution in [0.25, 0.3) is 0 Å². The molecule has 2 aromatic carbocycles. The fourth-order valence-corrected chi connectivity index (χ4v) is 5.06. The predicted molar refractivity (Wildman–Crippen MR) is 134 cm³/mol. The quantitative estimate of drug-likeness (QED) is 0.170. The highest BCUT2D eigenvalue weighted by molar-refractivity contribution is 6.30. The second kappa shape index (κ2) is 11.2. The summed E-state index contributed by atoms with van der Waals surface area (Å²) in [6.07, 6.45) is -14.4. The number of aromatic hydroxyl groups is 1. The van der Waals surface area contributed by atoms with E-state index in [0.29, 0.717) is 5.56 Å². The van der Waals surface area contributed by atoms with Crippen LogP contribution in [0.4, 0.5) is 0 Å². The van der Waals surface area contributed by atoms with E-state index >= 15 is 0 Å². The molecule has 5 rings (SSSR count). The maximum Gasteiger partial charge on any atom is 0.229 e. The first kappa shape index (κ1) is 29.3. The number of rotatable bonds is 6. The Morgan fingerprint density at radius 2 is 1.51 bits per heavy atom. The molecule has 222 valence electrons. The third kappa shape index (κ3) is 5.18. The fourth-order valence-electron chi connectivity index (χ4n) is 5.06. The summed E-state index contributed by atoms with van der Waals surface area (Å²) in [5.74, 6) is -1.86. The SMILES string of the molecule is COc1cc(OC2OC(COC3OCC(O)C(O)C3O)C(O)C(O)C2O)c2c(c1)C(=O)c1cc(C)cc(O)c1C2=O. The maximum atomic E-state index is 13.5. The van der Waals surface area contributed by atoms with Gasteiger partial charge in [0, 0.05) is 17.2 Å². The van der Waals surface area contributed by atoms with E-state index in [2.05, 4.69) is 0 Å². The Kier molecular flexibility index (Phi) is 8.04. The molecule has 0 spiro atoms. The van der Waals surface area contributed by atoms with Crippen LogP contribution in [0.2, 0.25) is 0 Å². The van der Waals surface area contributed by atoms with Crippen LogP contribution in [0, 0.1) is 6.92 Å². The van der Waals surface area contributed by atoms with E-state index in [4.69, 9.17) is 23.7 Å². The molecule has 2 aromatic rings. The number of phenolic OH excluding ortho intramolecular Hbond substituents is 1. The number of aliphatic hydroxyl groups excluding tert-OH is 6. The average Bonchev–Trinajstić information content (AvgIpc) is 2.94. The number of carbonyl (C=O) groups is 2. The third-order valence-corrected chi connectivity index (χ3v) is 7.31. The zero-order valence-corrected chi connectivity index (χ0v) is 21.9. The van der Waals surface area contributed by atoms with Crippen molar-refractivity contribution in [3.8, 4) is 17.2 Å². The molecule has 2 heterocycles. The highest BCUT2D eigenvalue weighted by Crippen LogP contribution is 2.41. The van der Waals surface area contributed by atoms with Crippen molar-refractivity contribution in [2.75, 3.05) is 20.3 Å². The lowest BCUT2D eigenvalue weighted by Gasteiger charge is -2.41. The topological polar surface area (TPSA) is 222 Å². The second-order valence-corrected chi connectivity index (χ2v) is 10.1. The van der Waals surface area contributed by atoms with Crippen LogP contribution in [0.15, 0.2) is 24.3 Å². The smallest absolute Gasteiger partial charge is 0.229 e. The summed E-state index contributed by atoms with van der Waals surface area (Å²) in [6, 6.07) is 5.40. The Balaban J connectivity index is 1.42. The van der Waals surface area contributed by atoms with Gasteiger partial charge in [0.15, 0.2) is 12.1 Å². The van der Waals surface area contributed by atoms with Gasteiger partial charge in [-0.25, -0.2) is 0 Å². The Morgan fingerprint density at radius 1 is 0.829 bits per heavy atom. The van der Waals surface area contributed by atoms with Crippen molar-refractivity contribution in [3.05, 3.63) is 52.1 Å². The van der Waals surface area contributed by atoms with Gasteiger partial charge in [-0.15, -0.1) is 0 Å². The molecule has 7 N–H and O–H groups in total. The maximum absolute atomic E-state index is 13.5. The number of methoxy groups -OCH3 is 1. The predicted octanol–water partition coefficient (Wildman–Crippen LogP) is -1.87. The molecule has 3 aliphatic rings. The average molecular weight is 579 g/mol. The van der Waals surface area contributed by atoms with Crippen molar-refractivity contribution in [1.29, 1.82) is 0 Å². The normalized spacial score (nSPS) is 33.2. The molecule has 9 unspecified atom stereocenters. The number of ketones is 2. The number of ether oxygens (including phenoxy) is 5. The largest absolute Gasteiger partial charge is 0.507 e. The molecule has 2 aliphatic heterocycles. The molecular weight excluding hydrogens is 548 g/mol. The molecular formula is C27H30O14. The van der Waals surface area contributed by atoms with E-state index in [1.54, 1.807) is 6.92 Å². The van der Waals surface area contributed by atoms with Crippen molar-refractivity contribution >= 4 is 11.6 Å². The molecule has 0 aromatic heterocycles. The summed E-state index contributed by atoms with van der Waals surface area (Å²) in [5, 5.41) is 71.7. The van der Waals surface area contributed by atoms with Gasteiger partial charge in [0.2, 0.25) is 12.1 Å². The molecule has 0 bridgehead atoms. The molecule has 14 heteroatoms. The Bertz CT molecular complexity index is 1340. The Labute approximate surface area is 232 Å². The van der Waals surface area contributed by atoms with Crippen molar-refractivity contribution in [3.63, 3.8) is 0 Å². The molecule has 0 radical (unpaired) electrons. The Morgan fingerprint density at radius 3 is 2.22 bits per heavy atom. The summed E-state index contributed by atoms with van der Waals surface area (Å²) >= 11 is 0. The van der Waals surface area contributed by atoms with Crippen LogP contribution in [-0.2, 0) is 14.2 Å². The van der Waals surface area contributed by atoms with Crippen LogP contribution >= 0.6 is 0 Å². The number of aliphatic hydroxyl groups is 6. The van der Waals surface area contributed by atoms with Gasteiger partial charge < -0.3 is 59.4 Å². The van der Waals surface area contributed by atoms with Gasteiger partial charge in [0.1, 0.15) is 60.0 Å². The van der Waals surface area contributed by atoms with Crippen LogP contribution < -0.4 is 9.47 Å². The minimum atomic E-state index is -1.84. The van der Waals surface area contributed by atoms with Gasteiger partial charge in [-0.2, -0.15) is 0 Å². The van der Waals surface area contributed by atoms with Crippen molar-refractivity contribution in [2.45, 2.75) is 62.2 Å². The first-order chi connectivity index (χ1) is 19.4. The van der Waals surface area contributed by atoms with Gasteiger partial charge >= 0.3 is 0 Å². The van der Waals surface area contributed by atoms with E-state index in [1.165, 1.54) is 31.4 Å². The van der Waals surface area contributed by atoms with Crippen LogP contribution in [0.5, 0.6) is 17.2 Å². The van der Waals surface area contributed by atoms with E-state index < -0.39 is 79.2 Å². The number of hydrogen-bond acceptors (Lipinski definition) is 14. The van der Waals surface area contributed by atoms with Gasteiger partial charge in [0.25, 0.3) is 0 Å². The first-order valence-corrected chi connectivity index (χ1v) is 12.7. The zero-order chi connectivity index (χ0) is 29.7. The van der Waals surface area contributed by atoms with Crippen LogP contribution in [0.3, 0.4) is 0 Å². The Hall–Kier alpha value is -3.18. The number of phenols is 1. The van der Waals surface area contributed by atoms with Crippen molar-refractivity contribution in [1.82, 2.24) is 0 Å². The lowest BCUT2D eigenvalue weighted by Crippen LogP contribution is -2.61. The zero-order valence-electron chi connectivity index (χ0n) is 21.9. The fraction of sp³-hybridized carbons (Fsp3) is 0.481. The summed E-state index contributed by atoms with van der Waals surface area (Å²) in [6.45, 7) is 0.793. The van der Waals surface area contributed by atoms with Gasteiger partial charge in [-0.05, 0) is 30.7 Å². The molecule has 2 fully saturated rings. The first-order valence-electron chi connectivity index (χ1n) is 12.7. The molecule has 0 amide bonds. The lowest BCUT2D eigenvalue weighted by molar-refractivity contribution is -0.307. The molecule has 2 saturated heterocycles. The van der Waals surface area contributed by atoms with Crippen molar-refractivity contribution in [2.24, 2.45) is 0 Å². The van der Waals surface area contributed by atoms with Gasteiger partial charge in [-0.1, -0.05) is 0 Å². The minimum Gasteiger partial charge on any atom is -0.507 e. The molecule has 1 aliphatic carbocycles. The van der Waals surface area contributed by atoms with E-state index in [1.807, 2.05) is 0 Å². The number of hydrogen-bond donors (Lipinski definition) is 7. The summed E-state index contributed by atoms with van der Waals surface area (Å²) < 4.78 is 27.3. The van der Waals surface area contributed by atoms with Crippen LogP contribution in [-0.4, -0.2) is 123 Å². The lowest BCUT2D eigenvalue weighted by atomic mass is 9.82. The van der Waals surface area contributed by atoms with Gasteiger partial charge in [-0.3, -0.25) is 9.59 Å². The summed E-state index contributed by atoms with van der Waals surface area (Å²) in [7, 11) is 1.32. The number of carbonyl (C=O) groups excluding carboxylic acids is 2. The highest BCUT2D eigenvalue weighted by Gasteiger charge is 2.47. The number of fused-ring (bicyclic) bond motifs is 2. The van der Waals surface area contributed by atoms with Crippen molar-refractivity contribution < 1.29 is 69.0 Å². The molecule has 14 nitrogen and oxygen atoms in total. The third-order valence-electron chi connectivity index (χ3n) is 7.31. The minimum absolute atomic E-state index is 0.00586. The number of benzene rings is 2. The van der Waals surface area contributed by atoms with E-state index in [0.717, 1.165) is 0 Å². The number of aryl methyl sites for hydroxylation is 1. The molecule has 41 heavy (non-hydrogen) atoms.